The van der Waals surface area contributed by atoms with Crippen molar-refractivity contribution in [3.63, 3.8) is 0 Å². The van der Waals surface area contributed by atoms with Gasteiger partial charge in [-0.3, -0.25) is 24.0 Å². The van der Waals surface area contributed by atoms with Crippen molar-refractivity contribution in [1.29, 1.82) is 0 Å². The van der Waals surface area contributed by atoms with Gasteiger partial charge in [0, 0.05) is 26.2 Å². The number of hydrogen-bond donors (Lipinski definition) is 2. The Hall–Kier alpha value is -2.09. The monoisotopic (exact) mass is 407 g/mol. The molecule has 0 aromatic carbocycles. The predicted molar refractivity (Wildman–Crippen MR) is 117 cm³/mol. The van der Waals surface area contributed by atoms with Gasteiger partial charge in [-0.25, -0.2) is 4.79 Å². The fourth-order valence-electron chi connectivity index (χ4n) is 4.26. The standard InChI is InChI=1S/C21H37N5O3/c1-6-7-8-25(17(27)13-24-11-15(4)9-16(5)12-24)18-19(22)26(10-14(2)3)21(29)23-20(18)28/h14-16H,6-13,22H2,1-5H3,(H,23,28,29)/t15-,16-/m1/s1. The first-order valence-corrected chi connectivity index (χ1v) is 10.8. The van der Waals surface area contributed by atoms with Gasteiger partial charge in [0.1, 0.15) is 5.82 Å². The Morgan fingerprint density at radius 2 is 1.86 bits per heavy atom. The molecule has 1 aliphatic heterocycles. The van der Waals surface area contributed by atoms with Crippen molar-refractivity contribution in [3.05, 3.63) is 20.8 Å². The van der Waals surface area contributed by atoms with Crippen LogP contribution in [-0.4, -0.2) is 46.5 Å². The third-order valence-electron chi connectivity index (χ3n) is 5.37. The van der Waals surface area contributed by atoms with Crippen molar-refractivity contribution in [3.8, 4) is 0 Å². The van der Waals surface area contributed by atoms with Gasteiger partial charge in [0.25, 0.3) is 5.56 Å². The number of anilines is 2. The summed E-state index contributed by atoms with van der Waals surface area (Å²) in [6, 6.07) is 0. The molecule has 1 aromatic heterocycles. The molecular formula is C21H37N5O3. The van der Waals surface area contributed by atoms with Crippen LogP contribution < -0.4 is 21.9 Å². The molecule has 2 heterocycles. The molecule has 1 aliphatic rings. The molecule has 2 rings (SSSR count). The molecule has 0 saturated carbocycles. The lowest BCUT2D eigenvalue weighted by molar-refractivity contribution is -0.120. The number of carbonyl (C=O) groups excluding carboxylic acids is 1. The van der Waals surface area contributed by atoms with Crippen LogP contribution in [0, 0.1) is 17.8 Å². The number of amides is 1. The summed E-state index contributed by atoms with van der Waals surface area (Å²) in [4.78, 5) is 44.1. The fraction of sp³-hybridized carbons (Fsp3) is 0.762. The van der Waals surface area contributed by atoms with E-state index < -0.39 is 11.2 Å². The molecule has 0 bridgehead atoms. The van der Waals surface area contributed by atoms with E-state index in [1.54, 1.807) is 0 Å². The second kappa shape index (κ2) is 10.1. The van der Waals surface area contributed by atoms with Gasteiger partial charge in [0.2, 0.25) is 5.91 Å². The number of nitrogens with two attached hydrogens (primary N) is 1. The zero-order valence-electron chi connectivity index (χ0n) is 18.5. The number of unbranched alkanes of at least 4 members (excludes halogenated alkanes) is 1. The Morgan fingerprint density at radius 3 is 2.41 bits per heavy atom. The van der Waals surface area contributed by atoms with Crippen LogP contribution in [0.15, 0.2) is 9.59 Å². The molecule has 0 unspecified atom stereocenters. The van der Waals surface area contributed by atoms with E-state index in [0.717, 1.165) is 32.4 Å². The quantitative estimate of drug-likeness (QED) is 0.685. The highest BCUT2D eigenvalue weighted by molar-refractivity contribution is 5.96. The number of likely N-dealkylation sites (tertiary alicyclic amines) is 1. The average Bonchev–Trinajstić information content (AvgIpc) is 2.60. The zero-order valence-corrected chi connectivity index (χ0v) is 18.5. The summed E-state index contributed by atoms with van der Waals surface area (Å²) in [5, 5.41) is 0. The van der Waals surface area contributed by atoms with Crippen molar-refractivity contribution >= 4 is 17.4 Å². The number of nitrogens with zero attached hydrogens (tertiary/aromatic N) is 3. The fourth-order valence-corrected chi connectivity index (χ4v) is 4.26. The molecule has 29 heavy (non-hydrogen) atoms. The second-order valence-electron chi connectivity index (χ2n) is 9.04. The molecule has 1 fully saturated rings. The van der Waals surface area contributed by atoms with Crippen LogP contribution >= 0.6 is 0 Å². The highest BCUT2D eigenvalue weighted by Gasteiger charge is 2.28. The summed E-state index contributed by atoms with van der Waals surface area (Å²) >= 11 is 0. The first kappa shape index (κ1) is 23.2. The molecular weight excluding hydrogens is 370 g/mol. The third kappa shape index (κ3) is 5.95. The maximum atomic E-state index is 13.2. The Morgan fingerprint density at radius 1 is 1.24 bits per heavy atom. The number of aromatic nitrogens is 2. The minimum atomic E-state index is -0.600. The molecule has 1 aromatic rings. The molecule has 8 heteroatoms. The summed E-state index contributed by atoms with van der Waals surface area (Å²) in [6.07, 6.45) is 2.79. The van der Waals surface area contributed by atoms with Crippen molar-refractivity contribution in [2.75, 3.05) is 36.8 Å². The van der Waals surface area contributed by atoms with E-state index in [2.05, 4.69) is 23.7 Å². The van der Waals surface area contributed by atoms with Crippen LogP contribution in [-0.2, 0) is 11.3 Å². The lowest BCUT2D eigenvalue weighted by Crippen LogP contribution is -2.48. The Labute approximate surface area is 173 Å². The molecule has 1 amide bonds. The lowest BCUT2D eigenvalue weighted by Gasteiger charge is -2.35. The predicted octanol–water partition coefficient (Wildman–Crippen LogP) is 1.89. The van der Waals surface area contributed by atoms with Gasteiger partial charge in [-0.1, -0.05) is 41.0 Å². The lowest BCUT2D eigenvalue weighted by atomic mass is 9.92. The first-order valence-electron chi connectivity index (χ1n) is 10.8. The SMILES string of the molecule is CCCCN(C(=O)CN1C[C@H](C)C[C@@H](C)C1)c1c(N)n(CC(C)C)c(=O)[nH]c1=O. The maximum Gasteiger partial charge on any atom is 0.330 e. The van der Waals surface area contributed by atoms with Gasteiger partial charge in [-0.15, -0.1) is 0 Å². The maximum absolute atomic E-state index is 13.2. The molecule has 0 radical (unpaired) electrons. The first-order chi connectivity index (χ1) is 13.6. The van der Waals surface area contributed by atoms with Crippen molar-refractivity contribution in [2.45, 2.75) is 60.4 Å². The molecule has 0 aliphatic carbocycles. The zero-order chi connectivity index (χ0) is 21.7. The van der Waals surface area contributed by atoms with Crippen LogP contribution in [0.1, 0.15) is 53.9 Å². The van der Waals surface area contributed by atoms with Crippen molar-refractivity contribution < 1.29 is 4.79 Å². The van der Waals surface area contributed by atoms with E-state index in [1.165, 1.54) is 9.47 Å². The molecule has 8 nitrogen and oxygen atoms in total. The van der Waals surface area contributed by atoms with Crippen molar-refractivity contribution in [2.24, 2.45) is 17.8 Å². The van der Waals surface area contributed by atoms with E-state index >= 15 is 0 Å². The summed E-state index contributed by atoms with van der Waals surface area (Å²) in [5.41, 5.74) is 5.22. The molecule has 3 N–H and O–H groups in total. The number of rotatable bonds is 8. The minimum Gasteiger partial charge on any atom is -0.383 e. The average molecular weight is 408 g/mol. The molecule has 164 valence electrons. The Bertz CT molecular complexity index is 804. The van der Waals surface area contributed by atoms with E-state index in [4.69, 9.17) is 5.73 Å². The topological polar surface area (TPSA) is 104 Å². The number of H-pyrrole nitrogens is 1. The van der Waals surface area contributed by atoms with E-state index in [9.17, 15) is 14.4 Å². The number of hydrogen-bond acceptors (Lipinski definition) is 5. The van der Waals surface area contributed by atoms with E-state index in [-0.39, 0.29) is 29.9 Å². The smallest absolute Gasteiger partial charge is 0.330 e. The third-order valence-corrected chi connectivity index (χ3v) is 5.37. The summed E-state index contributed by atoms with van der Waals surface area (Å²) < 4.78 is 1.36. The highest BCUT2D eigenvalue weighted by Crippen LogP contribution is 2.22. The van der Waals surface area contributed by atoms with Gasteiger partial charge in [0.05, 0.1) is 6.54 Å². The van der Waals surface area contributed by atoms with Crippen molar-refractivity contribution in [1.82, 2.24) is 14.5 Å². The molecule has 0 spiro atoms. The van der Waals surface area contributed by atoms with E-state index in [1.807, 2.05) is 20.8 Å². The summed E-state index contributed by atoms with van der Waals surface area (Å²) in [5.74, 6) is 1.17. The number of piperidine rings is 1. The van der Waals surface area contributed by atoms with Gasteiger partial charge < -0.3 is 10.6 Å². The second-order valence-corrected chi connectivity index (χ2v) is 9.04. The summed E-state index contributed by atoms with van der Waals surface area (Å²) in [7, 11) is 0. The normalized spacial score (nSPS) is 20.2. The Kier molecular flexibility index (Phi) is 8.07. The van der Waals surface area contributed by atoms with Crippen LogP contribution in [0.2, 0.25) is 0 Å². The van der Waals surface area contributed by atoms with Crippen LogP contribution in [0.5, 0.6) is 0 Å². The summed E-state index contributed by atoms with van der Waals surface area (Å²) in [6.45, 7) is 13.1. The number of nitrogens with one attached hydrogen (secondary N) is 1. The number of carbonyl (C=O) groups is 1. The number of aromatic amines is 1. The number of nitrogen functional groups attached to an aromatic ring is 1. The molecule has 2 atom stereocenters. The van der Waals surface area contributed by atoms with Crippen LogP contribution in [0.4, 0.5) is 11.5 Å². The molecule has 1 saturated heterocycles. The minimum absolute atomic E-state index is 0.0669. The van der Waals surface area contributed by atoms with Gasteiger partial charge in [-0.2, -0.15) is 0 Å². The van der Waals surface area contributed by atoms with Gasteiger partial charge in [-0.05, 0) is 30.6 Å². The largest absolute Gasteiger partial charge is 0.383 e. The van der Waals surface area contributed by atoms with E-state index in [0.29, 0.717) is 24.9 Å². The van der Waals surface area contributed by atoms with Gasteiger partial charge >= 0.3 is 5.69 Å². The van der Waals surface area contributed by atoms with Gasteiger partial charge in [0.15, 0.2) is 5.69 Å². The van der Waals surface area contributed by atoms with Crippen LogP contribution in [0.25, 0.3) is 0 Å². The highest BCUT2D eigenvalue weighted by atomic mass is 16.2. The van der Waals surface area contributed by atoms with Crippen LogP contribution in [0.3, 0.4) is 0 Å². The Balaban J connectivity index is 2.37.